The molecule has 0 radical (unpaired) electrons. The van der Waals surface area contributed by atoms with Crippen molar-refractivity contribution in [2.45, 2.75) is 0 Å². The van der Waals surface area contributed by atoms with Crippen LogP contribution in [-0.2, 0) is 0 Å². The third kappa shape index (κ3) is 350. The Balaban J connectivity index is -0.0000000171. The van der Waals surface area contributed by atoms with Crippen molar-refractivity contribution in [3.63, 3.8) is 0 Å². The van der Waals surface area contributed by atoms with E-state index in [0.717, 1.165) is 0 Å². The molecule has 0 aliphatic heterocycles. The van der Waals surface area contributed by atoms with Crippen LogP contribution in [0.2, 0.25) is 0 Å². The summed E-state index contributed by atoms with van der Waals surface area (Å²) in [5, 5.41) is 50.5. The zero-order chi connectivity index (χ0) is 7.15. The van der Waals surface area contributed by atoms with Gasteiger partial charge >= 0.3 is 69.1 Å². The summed E-state index contributed by atoms with van der Waals surface area (Å²) >= 11 is 0. The van der Waals surface area contributed by atoms with Gasteiger partial charge in [0, 0.05) is 0 Å². The zero-order valence-corrected chi connectivity index (χ0v) is 10.2. The molecule has 0 N–H and O–H groups in total. The van der Waals surface area contributed by atoms with Gasteiger partial charge in [0.05, 0.1) is 0 Å². The van der Waals surface area contributed by atoms with Gasteiger partial charge in [-0.1, -0.05) is 0 Å². The molecule has 0 aliphatic rings. The van der Waals surface area contributed by atoms with E-state index in [0.29, 0.717) is 0 Å². The first-order chi connectivity index (χ1) is 3.46. The summed E-state index contributed by atoms with van der Waals surface area (Å²) in [5.41, 5.74) is 0. The van der Waals surface area contributed by atoms with E-state index in [1.165, 1.54) is 0 Å². The quantitative estimate of drug-likeness (QED) is 0.401. The van der Waals surface area contributed by atoms with Crippen LogP contribution < -0.4 is 30.1 Å². The van der Waals surface area contributed by atoms with Gasteiger partial charge in [-0.15, -0.1) is 0 Å². The van der Waals surface area contributed by atoms with Crippen molar-refractivity contribution < 1.29 is 30.1 Å². The summed E-state index contributed by atoms with van der Waals surface area (Å²) in [5.74, 6) is 0. The van der Waals surface area contributed by atoms with Crippen molar-refractivity contribution in [3.8, 4) is 0 Å². The van der Waals surface area contributed by atoms with E-state index >= 15 is 0 Å². The maximum absolute atomic E-state index is 8.42. The summed E-state index contributed by atoms with van der Waals surface area (Å²) < 4.78 is 0. The molecule has 0 atom stereocenters. The summed E-state index contributed by atoms with van der Waals surface area (Å²) in [6.45, 7) is 0. The van der Waals surface area contributed by atoms with Gasteiger partial charge in [-0.3, -0.25) is 14.6 Å². The van der Waals surface area contributed by atoms with Crippen molar-refractivity contribution in [2.24, 2.45) is 0 Å². The molecule has 0 amide bonds. The number of hydrogen-bond donors (Lipinski definition) is 0. The molecule has 0 bridgehead atoms. The molecule has 0 fully saturated rings. The van der Waals surface area contributed by atoms with Crippen LogP contribution in [0.25, 0.3) is 0 Å². The Kier molecular flexibility index (Phi) is 60.2. The molecule has 0 unspecified atom stereocenters. The number of hydrogen-bond acceptors (Lipinski definition) is 6. The van der Waals surface area contributed by atoms with Gasteiger partial charge in [-0.05, 0) is 0 Å². The molecule has 0 aromatic heterocycles. The fraction of sp³-hybridized carbons (Fsp3) is 0. The third-order valence-electron chi connectivity index (χ3n) is 0. The Morgan fingerprint density at radius 2 is 0.545 bits per heavy atom. The Labute approximate surface area is 113 Å². The molecule has 0 aromatic carbocycles. The minimum absolute atomic E-state index is 0. The summed E-state index contributed by atoms with van der Waals surface area (Å²) in [4.78, 5) is 0. The van der Waals surface area contributed by atoms with E-state index in [4.69, 9.17) is 30.1 Å². The molecule has 0 rings (SSSR count). The van der Waals surface area contributed by atoms with Gasteiger partial charge in [-0.25, -0.2) is 0 Å². The maximum Gasteiger partial charge on any atom is 2.00 e. The van der Waals surface area contributed by atoms with Crippen LogP contribution in [0.1, 0.15) is 0 Å². The largest absolute Gasteiger partial charge is 2.00 e. The van der Waals surface area contributed by atoms with Crippen molar-refractivity contribution in [1.82, 2.24) is 0 Å². The topological polar surface area (TPSA) is 138 Å². The molecule has 11 heavy (non-hydrogen) atoms. The van der Waals surface area contributed by atoms with Crippen LogP contribution in [0.15, 0.2) is 0 Å². The van der Waals surface area contributed by atoms with Crippen LogP contribution in [0.4, 0.5) is 0 Å². The summed E-state index contributed by atoms with van der Waals surface area (Å²) in [6, 6.07) is 0. The average molecular weight is 273 g/mol. The minimum atomic E-state index is -2.92. The van der Waals surface area contributed by atoms with E-state index in [2.05, 4.69) is 0 Å². The van der Waals surface area contributed by atoms with Crippen LogP contribution in [-0.4, -0.2) is 83.8 Å². The van der Waals surface area contributed by atoms with E-state index in [1.54, 1.807) is 0 Å². The smallest absolute Gasteiger partial charge is 0.907 e. The third-order valence-corrected chi connectivity index (χ3v) is 0. The molecule has 0 saturated heterocycles. The van der Waals surface area contributed by atoms with Crippen molar-refractivity contribution in [3.05, 3.63) is 0 Å². The van der Waals surface area contributed by atoms with Gasteiger partial charge in [0.25, 0.3) is 0 Å². The van der Waals surface area contributed by atoms with Gasteiger partial charge in [0.15, 0.2) is 0 Å². The maximum atomic E-state index is 8.42. The Morgan fingerprint density at radius 1 is 0.545 bits per heavy atom. The van der Waals surface area contributed by atoms with E-state index in [-0.39, 0.29) is 69.1 Å². The van der Waals surface area contributed by atoms with Crippen molar-refractivity contribution >= 4 is 83.8 Å². The predicted molar refractivity (Wildman–Crippen MR) is 28.8 cm³/mol. The van der Waals surface area contributed by atoms with Gasteiger partial charge < -0.3 is 30.1 Å². The normalized spacial score (nSPS) is 4.91. The first-order valence-electron chi connectivity index (χ1n) is 1.41. The van der Waals surface area contributed by atoms with Crippen LogP contribution >= 0.6 is 0 Å². The molecule has 0 aromatic rings. The van der Waals surface area contributed by atoms with Gasteiger partial charge in [0.1, 0.15) is 0 Å². The minimum Gasteiger partial charge on any atom is -0.907 e. The summed E-state index contributed by atoms with van der Waals surface area (Å²) in [6.07, 6.45) is 0. The standard InChI is InChI=1S/2BO3.Ba.2Be/c2*2-1(3)4;;;/q2*-3;3*+2. The van der Waals surface area contributed by atoms with Crippen LogP contribution in [0, 0.1) is 0 Å². The van der Waals surface area contributed by atoms with Crippen molar-refractivity contribution in [1.29, 1.82) is 0 Å². The molecule has 0 spiro atoms. The molecule has 48 valence electrons. The molecule has 0 saturated carbocycles. The van der Waals surface area contributed by atoms with Gasteiger partial charge in [0.2, 0.25) is 0 Å². The van der Waals surface area contributed by atoms with Crippen LogP contribution in [0.3, 0.4) is 0 Å². The monoisotopic (exact) mass is 274 g/mol. The zero-order valence-electron chi connectivity index (χ0n) is 5.73. The Morgan fingerprint density at radius 3 is 0.545 bits per heavy atom. The Hall–Kier alpha value is 1.80. The molecule has 0 aliphatic carbocycles. The predicted octanol–water partition coefficient (Wildman–Crippen LogP) is -9.04. The first kappa shape index (κ1) is 29.3. The van der Waals surface area contributed by atoms with E-state index < -0.39 is 14.6 Å². The molecule has 11 heteroatoms. The first-order valence-corrected chi connectivity index (χ1v) is 1.41. The second kappa shape index (κ2) is 22.6. The number of rotatable bonds is 0. The second-order valence-electron chi connectivity index (χ2n) is 0.577. The fourth-order valence-electron chi connectivity index (χ4n) is 0. The molecule has 0 heterocycles. The van der Waals surface area contributed by atoms with Crippen molar-refractivity contribution in [2.75, 3.05) is 0 Å². The summed E-state index contributed by atoms with van der Waals surface area (Å²) in [7, 11) is -5.83. The second-order valence-corrected chi connectivity index (χ2v) is 0.577. The van der Waals surface area contributed by atoms with E-state index in [1.807, 2.05) is 0 Å². The SMILES string of the molecule is [Ba+2].[Be+2].[Be+2].[O-]B([O-])[O-].[O-]B([O-])[O-]. The fourth-order valence-corrected chi connectivity index (χ4v) is 0. The van der Waals surface area contributed by atoms with E-state index in [9.17, 15) is 0 Å². The molecule has 6 nitrogen and oxygen atoms in total. The van der Waals surface area contributed by atoms with Crippen LogP contribution in [0.5, 0.6) is 0 Å². The molecular formula is B2BaBe2O6. The molecular weight excluding hydrogens is 273 g/mol. The average Bonchev–Trinajstić information content (AvgIpc) is 1.25. The Bertz CT molecular complexity index is 34.1. The van der Waals surface area contributed by atoms with Gasteiger partial charge in [-0.2, -0.15) is 0 Å².